The van der Waals surface area contributed by atoms with Gasteiger partial charge in [0.1, 0.15) is 0 Å². The predicted molar refractivity (Wildman–Crippen MR) is 202 cm³/mol. The van der Waals surface area contributed by atoms with Gasteiger partial charge in [0.2, 0.25) is 0 Å². The number of rotatable bonds is 7. The smallest absolute Gasteiger partial charge is 0.328 e. The van der Waals surface area contributed by atoms with Crippen molar-refractivity contribution in [2.75, 3.05) is 39.6 Å². The molecule has 8 heteroatoms. The standard InChI is InChI=1S/3C12H24O2.C5H8O2/c3*13-10-12(11-14)8-6-4-2-1-3-5-7-9-12;1-4(2)3-5(6)7/h3*13-14H,1-11H2;3H,1-2H3,(H,6,7). The maximum Gasteiger partial charge on any atom is 0.328 e. The Hall–Kier alpha value is -1.03. The van der Waals surface area contributed by atoms with Crippen molar-refractivity contribution < 1.29 is 40.5 Å². The van der Waals surface area contributed by atoms with Gasteiger partial charge in [0.15, 0.2) is 0 Å². The number of carboxylic acid groups (broad SMARTS) is 1. The first kappa shape index (κ1) is 48.0. The normalized spacial score (nSPS) is 22.0. The topological polar surface area (TPSA) is 159 Å². The number of carbonyl (C=O) groups is 1. The third-order valence-electron chi connectivity index (χ3n) is 11.2. The van der Waals surface area contributed by atoms with E-state index in [-0.39, 0.29) is 55.9 Å². The highest BCUT2D eigenvalue weighted by Gasteiger charge is 2.29. The largest absolute Gasteiger partial charge is 0.478 e. The van der Waals surface area contributed by atoms with E-state index in [0.717, 1.165) is 44.1 Å². The van der Waals surface area contributed by atoms with Gasteiger partial charge in [-0.25, -0.2) is 4.79 Å². The molecule has 0 radical (unpaired) electrons. The molecule has 0 aliphatic heterocycles. The van der Waals surface area contributed by atoms with Crippen molar-refractivity contribution in [1.29, 1.82) is 0 Å². The monoisotopic (exact) mass is 701 g/mol. The van der Waals surface area contributed by atoms with E-state index in [1.54, 1.807) is 13.8 Å². The Balaban J connectivity index is 0.000000645. The Morgan fingerprint density at radius 1 is 0.388 bits per heavy atom. The highest BCUT2D eigenvalue weighted by Crippen LogP contribution is 2.34. The van der Waals surface area contributed by atoms with E-state index in [2.05, 4.69) is 0 Å². The van der Waals surface area contributed by atoms with Gasteiger partial charge in [0.25, 0.3) is 0 Å². The Morgan fingerprint density at radius 2 is 0.551 bits per heavy atom. The molecule has 7 N–H and O–H groups in total. The Kier molecular flexibility index (Phi) is 29.9. The molecule has 0 unspecified atom stereocenters. The molecule has 8 nitrogen and oxygen atoms in total. The summed E-state index contributed by atoms with van der Waals surface area (Å²) in [6.45, 7) is 4.43. The molecule has 0 aromatic carbocycles. The van der Waals surface area contributed by atoms with E-state index in [1.165, 1.54) is 141 Å². The summed E-state index contributed by atoms with van der Waals surface area (Å²) in [4.78, 5) is 9.73. The van der Waals surface area contributed by atoms with Crippen LogP contribution in [-0.2, 0) is 4.79 Å². The SMILES string of the molecule is CC(C)=CC(=O)O.OCC1(CO)CCCCCCCCC1.OCC1(CO)CCCCCCCCC1.OCC1(CO)CCCCCCCCC1. The average Bonchev–Trinajstić information content (AvgIpc) is 3.12. The van der Waals surface area contributed by atoms with Crippen molar-refractivity contribution in [2.24, 2.45) is 16.2 Å². The number of hydrogen-bond donors (Lipinski definition) is 7. The van der Waals surface area contributed by atoms with Gasteiger partial charge in [0, 0.05) is 22.3 Å². The van der Waals surface area contributed by atoms with Gasteiger partial charge in [-0.05, 0) is 52.4 Å². The minimum absolute atomic E-state index is 0.156. The molecule has 0 spiro atoms. The van der Waals surface area contributed by atoms with Crippen molar-refractivity contribution in [2.45, 2.75) is 187 Å². The molecule has 0 atom stereocenters. The first-order valence-corrected chi connectivity index (χ1v) is 20.1. The van der Waals surface area contributed by atoms with Gasteiger partial charge in [-0.1, -0.05) is 140 Å². The molecule has 0 aromatic rings. The maximum atomic E-state index is 9.73. The van der Waals surface area contributed by atoms with Crippen LogP contribution in [0, 0.1) is 16.2 Å². The van der Waals surface area contributed by atoms with E-state index in [0.29, 0.717) is 0 Å². The maximum absolute atomic E-state index is 9.73. The summed E-state index contributed by atoms with van der Waals surface area (Å²) >= 11 is 0. The highest BCUT2D eigenvalue weighted by molar-refractivity contribution is 5.80. The summed E-state index contributed by atoms with van der Waals surface area (Å²) < 4.78 is 0. The fraction of sp³-hybridized carbons (Fsp3) is 0.927. The van der Waals surface area contributed by atoms with Gasteiger partial charge in [0.05, 0.1) is 39.6 Å². The van der Waals surface area contributed by atoms with Crippen molar-refractivity contribution >= 4 is 5.97 Å². The van der Waals surface area contributed by atoms with Crippen LogP contribution < -0.4 is 0 Å². The molecular weight excluding hydrogens is 620 g/mol. The zero-order valence-corrected chi connectivity index (χ0v) is 32.0. The van der Waals surface area contributed by atoms with E-state index in [1.807, 2.05) is 0 Å². The zero-order valence-electron chi connectivity index (χ0n) is 32.0. The van der Waals surface area contributed by atoms with Crippen molar-refractivity contribution in [3.8, 4) is 0 Å². The minimum atomic E-state index is -0.875. The van der Waals surface area contributed by atoms with Crippen molar-refractivity contribution in [1.82, 2.24) is 0 Å². The molecule has 3 rings (SSSR count). The lowest BCUT2D eigenvalue weighted by molar-refractivity contribution is -0.131. The van der Waals surface area contributed by atoms with Gasteiger partial charge in [-0.3, -0.25) is 0 Å². The van der Waals surface area contributed by atoms with Crippen LogP contribution in [0.25, 0.3) is 0 Å². The third-order valence-corrected chi connectivity index (χ3v) is 11.2. The molecule has 3 fully saturated rings. The quantitative estimate of drug-likeness (QED) is 0.130. The molecule has 3 aliphatic carbocycles. The zero-order chi connectivity index (χ0) is 36.7. The van der Waals surface area contributed by atoms with E-state index < -0.39 is 5.97 Å². The minimum Gasteiger partial charge on any atom is -0.478 e. The van der Waals surface area contributed by atoms with E-state index in [9.17, 15) is 35.4 Å². The predicted octanol–water partition coefficient (Wildman–Crippen LogP) is 8.48. The summed E-state index contributed by atoms with van der Waals surface area (Å²) in [5, 5.41) is 64.2. The fourth-order valence-corrected chi connectivity index (χ4v) is 7.37. The second kappa shape index (κ2) is 30.6. The molecular formula is C41H80O8. The number of carboxylic acids is 1. The number of aliphatic hydroxyl groups is 6. The third kappa shape index (κ3) is 24.0. The molecule has 0 bridgehead atoms. The van der Waals surface area contributed by atoms with Gasteiger partial charge in [-0.2, -0.15) is 0 Å². The summed E-state index contributed by atoms with van der Waals surface area (Å²) in [7, 11) is 0. The first-order chi connectivity index (χ1) is 23.6. The van der Waals surface area contributed by atoms with Gasteiger partial charge in [-0.15, -0.1) is 0 Å². The summed E-state index contributed by atoms with van der Waals surface area (Å²) in [5.41, 5.74) is 0.305. The molecule has 49 heavy (non-hydrogen) atoms. The molecule has 0 aromatic heterocycles. The van der Waals surface area contributed by atoms with Crippen LogP contribution in [-0.4, -0.2) is 81.4 Å². The van der Waals surface area contributed by atoms with Crippen LogP contribution in [0.1, 0.15) is 187 Å². The molecule has 0 amide bonds. The Morgan fingerprint density at radius 3 is 0.653 bits per heavy atom. The highest BCUT2D eigenvalue weighted by atomic mass is 16.4. The Labute approximate surface area is 300 Å². The second-order valence-corrected chi connectivity index (χ2v) is 15.9. The molecule has 3 aliphatic rings. The van der Waals surface area contributed by atoms with Crippen LogP contribution in [0.4, 0.5) is 0 Å². The average molecular weight is 701 g/mol. The number of aliphatic hydroxyl groups excluding tert-OH is 6. The number of aliphatic carboxylic acids is 1. The lowest BCUT2D eigenvalue weighted by atomic mass is 9.78. The number of hydrogen-bond acceptors (Lipinski definition) is 7. The molecule has 292 valence electrons. The van der Waals surface area contributed by atoms with Crippen LogP contribution in [0.5, 0.6) is 0 Å². The van der Waals surface area contributed by atoms with Crippen LogP contribution >= 0.6 is 0 Å². The van der Waals surface area contributed by atoms with Crippen molar-refractivity contribution in [3.63, 3.8) is 0 Å². The molecule has 0 heterocycles. The number of allylic oxidation sites excluding steroid dienone is 1. The van der Waals surface area contributed by atoms with Crippen molar-refractivity contribution in [3.05, 3.63) is 11.6 Å². The summed E-state index contributed by atoms with van der Waals surface area (Å²) in [6.07, 6.45) is 33.8. The van der Waals surface area contributed by atoms with Crippen LogP contribution in [0.15, 0.2) is 11.6 Å². The van der Waals surface area contributed by atoms with Gasteiger partial charge >= 0.3 is 5.97 Å². The lowest BCUT2D eigenvalue weighted by Gasteiger charge is -2.30. The first-order valence-electron chi connectivity index (χ1n) is 20.1. The Bertz CT molecular complexity index is 666. The summed E-state index contributed by atoms with van der Waals surface area (Å²) in [6, 6.07) is 0. The molecule has 0 saturated heterocycles. The van der Waals surface area contributed by atoms with Crippen LogP contribution in [0.2, 0.25) is 0 Å². The summed E-state index contributed by atoms with van der Waals surface area (Å²) in [5.74, 6) is -0.875. The van der Waals surface area contributed by atoms with Gasteiger partial charge < -0.3 is 35.7 Å². The second-order valence-electron chi connectivity index (χ2n) is 15.9. The fourth-order valence-electron chi connectivity index (χ4n) is 7.37. The molecule has 3 saturated carbocycles. The van der Waals surface area contributed by atoms with E-state index in [4.69, 9.17) is 5.11 Å². The van der Waals surface area contributed by atoms with Crippen LogP contribution in [0.3, 0.4) is 0 Å². The van der Waals surface area contributed by atoms with E-state index >= 15 is 0 Å². The lowest BCUT2D eigenvalue weighted by Crippen LogP contribution is -2.30.